The minimum absolute atomic E-state index is 0.129. The summed E-state index contributed by atoms with van der Waals surface area (Å²) in [6.07, 6.45) is 0. The van der Waals surface area contributed by atoms with Gasteiger partial charge in [0.25, 0.3) is 5.91 Å². The molecule has 1 amide bonds. The van der Waals surface area contributed by atoms with Gasteiger partial charge in [0.05, 0.1) is 6.54 Å². The van der Waals surface area contributed by atoms with Gasteiger partial charge in [-0.1, -0.05) is 0 Å². The van der Waals surface area contributed by atoms with Gasteiger partial charge in [-0.25, -0.2) is 10.8 Å². The number of carbonyl (C=O) groups is 1. The molecule has 0 fully saturated rings. The molecule has 2 aromatic heterocycles. The molecule has 6 heteroatoms. The number of rotatable bonds is 4. The van der Waals surface area contributed by atoms with E-state index < -0.39 is 0 Å². The number of pyridine rings is 1. The molecule has 0 saturated carbocycles. The minimum atomic E-state index is -0.129. The number of nitrogen functional groups attached to an aromatic ring is 1. The van der Waals surface area contributed by atoms with Crippen molar-refractivity contribution in [2.75, 3.05) is 5.43 Å². The molecule has 0 unspecified atom stereocenters. The number of nitrogens with two attached hydrogens (primary N) is 1. The lowest BCUT2D eigenvalue weighted by Gasteiger charge is -2.07. The third-order valence-electron chi connectivity index (χ3n) is 3.00. The van der Waals surface area contributed by atoms with Gasteiger partial charge in [-0.05, 0) is 44.5 Å². The lowest BCUT2D eigenvalue weighted by atomic mass is 10.2. The van der Waals surface area contributed by atoms with E-state index in [1.165, 1.54) is 10.4 Å². The molecule has 0 saturated heterocycles. The fraction of sp³-hybridized carbons (Fsp3) is 0.286. The Balaban J connectivity index is 2.06. The highest BCUT2D eigenvalue weighted by molar-refractivity contribution is 7.12. The lowest BCUT2D eigenvalue weighted by molar-refractivity contribution is 0.0951. The van der Waals surface area contributed by atoms with Crippen molar-refractivity contribution in [1.82, 2.24) is 10.3 Å². The molecule has 5 nitrogen and oxygen atoms in total. The zero-order valence-corrected chi connectivity index (χ0v) is 12.6. The molecule has 0 aromatic carbocycles. The van der Waals surface area contributed by atoms with E-state index in [0.29, 0.717) is 17.9 Å². The number of hydrogen-bond donors (Lipinski definition) is 3. The second-order valence-corrected chi connectivity index (χ2v) is 6.00. The largest absolute Gasteiger partial charge is 0.347 e. The maximum atomic E-state index is 12.1. The zero-order chi connectivity index (χ0) is 14.7. The van der Waals surface area contributed by atoms with Crippen LogP contribution in [-0.2, 0) is 6.54 Å². The smallest absolute Gasteiger partial charge is 0.251 e. The number of carbonyl (C=O) groups excluding carboxylic acids is 1. The molecule has 0 aliphatic carbocycles. The van der Waals surface area contributed by atoms with Crippen LogP contribution in [-0.4, -0.2) is 10.9 Å². The van der Waals surface area contributed by atoms with Crippen molar-refractivity contribution in [3.63, 3.8) is 0 Å². The highest BCUT2D eigenvalue weighted by atomic mass is 32.1. The summed E-state index contributed by atoms with van der Waals surface area (Å²) in [5.41, 5.74) is 5.01. The number of nitrogens with one attached hydrogen (secondary N) is 2. The summed E-state index contributed by atoms with van der Waals surface area (Å²) in [6.45, 7) is 6.51. The van der Waals surface area contributed by atoms with E-state index in [4.69, 9.17) is 5.84 Å². The first kappa shape index (κ1) is 14.5. The Morgan fingerprint density at radius 3 is 2.65 bits per heavy atom. The van der Waals surface area contributed by atoms with E-state index in [1.54, 1.807) is 23.5 Å². The molecular formula is C14H18N4OS. The van der Waals surface area contributed by atoms with Gasteiger partial charge in [0.15, 0.2) is 0 Å². The molecule has 0 aliphatic rings. The second kappa shape index (κ2) is 6.02. The maximum absolute atomic E-state index is 12.1. The van der Waals surface area contributed by atoms with Crippen LogP contribution in [0.5, 0.6) is 0 Å². The fourth-order valence-electron chi connectivity index (χ4n) is 1.88. The predicted molar refractivity (Wildman–Crippen MR) is 81.7 cm³/mol. The SMILES string of the molecule is Cc1cc(C(=O)NCc2cc(C)c(C)s2)cc(NN)n1. The highest BCUT2D eigenvalue weighted by Gasteiger charge is 2.09. The van der Waals surface area contributed by atoms with Gasteiger partial charge >= 0.3 is 0 Å². The normalized spacial score (nSPS) is 10.4. The molecule has 106 valence electrons. The number of amides is 1. The number of aromatic nitrogens is 1. The first-order valence-corrected chi connectivity index (χ1v) is 7.10. The Morgan fingerprint density at radius 1 is 1.30 bits per heavy atom. The van der Waals surface area contributed by atoms with Crippen LogP contribution in [0.3, 0.4) is 0 Å². The molecule has 0 bridgehead atoms. The van der Waals surface area contributed by atoms with Gasteiger partial charge in [-0.15, -0.1) is 11.3 Å². The summed E-state index contributed by atoms with van der Waals surface area (Å²) in [4.78, 5) is 18.7. The number of thiophene rings is 1. The quantitative estimate of drug-likeness (QED) is 0.596. The molecule has 4 N–H and O–H groups in total. The van der Waals surface area contributed by atoms with Gasteiger partial charge in [0.1, 0.15) is 5.82 Å². The fourth-order valence-corrected chi connectivity index (χ4v) is 2.87. The first-order valence-electron chi connectivity index (χ1n) is 6.29. The second-order valence-electron chi connectivity index (χ2n) is 4.66. The van der Waals surface area contributed by atoms with Gasteiger partial charge < -0.3 is 10.7 Å². The molecule has 0 radical (unpaired) electrons. The minimum Gasteiger partial charge on any atom is -0.347 e. The van der Waals surface area contributed by atoms with E-state index in [-0.39, 0.29) is 5.91 Å². The van der Waals surface area contributed by atoms with Crippen molar-refractivity contribution in [2.45, 2.75) is 27.3 Å². The number of nitrogens with zero attached hydrogens (tertiary/aromatic N) is 1. The van der Waals surface area contributed by atoms with Crippen LogP contribution in [0.2, 0.25) is 0 Å². The molecule has 0 spiro atoms. The van der Waals surface area contributed by atoms with Crippen molar-refractivity contribution in [3.05, 3.63) is 44.8 Å². The van der Waals surface area contributed by atoms with Crippen molar-refractivity contribution in [3.8, 4) is 0 Å². The van der Waals surface area contributed by atoms with Crippen LogP contribution < -0.4 is 16.6 Å². The van der Waals surface area contributed by atoms with Crippen molar-refractivity contribution >= 4 is 23.1 Å². The summed E-state index contributed by atoms with van der Waals surface area (Å²) >= 11 is 1.70. The Labute approximate surface area is 122 Å². The van der Waals surface area contributed by atoms with Gasteiger partial charge in [-0.2, -0.15) is 0 Å². The van der Waals surface area contributed by atoms with E-state index >= 15 is 0 Å². The lowest BCUT2D eigenvalue weighted by Crippen LogP contribution is -2.23. The Bertz CT molecular complexity index is 617. The number of hydrazine groups is 1. The van der Waals surface area contributed by atoms with Gasteiger partial charge in [0, 0.05) is 21.0 Å². The molecule has 0 aliphatic heterocycles. The molecule has 2 aromatic rings. The van der Waals surface area contributed by atoms with Gasteiger partial charge in [-0.3, -0.25) is 4.79 Å². The average molecular weight is 290 g/mol. The van der Waals surface area contributed by atoms with E-state index in [9.17, 15) is 4.79 Å². The third kappa shape index (κ3) is 3.34. The van der Waals surface area contributed by atoms with Crippen LogP contribution in [0.4, 0.5) is 5.82 Å². The van der Waals surface area contributed by atoms with Crippen LogP contribution in [0.15, 0.2) is 18.2 Å². The Morgan fingerprint density at radius 2 is 2.05 bits per heavy atom. The summed E-state index contributed by atoms with van der Waals surface area (Å²) in [6, 6.07) is 5.47. The van der Waals surface area contributed by atoms with Crippen molar-refractivity contribution < 1.29 is 4.79 Å². The number of hydrogen-bond acceptors (Lipinski definition) is 5. The van der Waals surface area contributed by atoms with Crippen molar-refractivity contribution in [1.29, 1.82) is 0 Å². The summed E-state index contributed by atoms with van der Waals surface area (Å²) in [5.74, 6) is 5.68. The topological polar surface area (TPSA) is 80.0 Å². The molecule has 2 rings (SSSR count). The van der Waals surface area contributed by atoms with E-state index in [2.05, 4.69) is 35.6 Å². The number of anilines is 1. The van der Waals surface area contributed by atoms with Crippen molar-refractivity contribution in [2.24, 2.45) is 5.84 Å². The van der Waals surface area contributed by atoms with Gasteiger partial charge in [0.2, 0.25) is 0 Å². The predicted octanol–water partition coefficient (Wildman–Crippen LogP) is 2.28. The number of aryl methyl sites for hydroxylation is 3. The summed E-state index contributed by atoms with van der Waals surface area (Å²) in [7, 11) is 0. The Hall–Kier alpha value is -1.92. The zero-order valence-electron chi connectivity index (χ0n) is 11.8. The summed E-state index contributed by atoms with van der Waals surface area (Å²) in [5, 5.41) is 2.91. The molecular weight excluding hydrogens is 272 g/mol. The average Bonchev–Trinajstić information content (AvgIpc) is 2.74. The third-order valence-corrected chi connectivity index (χ3v) is 4.16. The first-order chi connectivity index (χ1) is 9.49. The standard InChI is InChI=1S/C14H18N4OS/c1-8-4-12(20-10(8)3)7-16-14(19)11-5-9(2)17-13(6-11)18-15/h4-6H,7,15H2,1-3H3,(H,16,19)(H,17,18). The monoisotopic (exact) mass is 290 g/mol. The summed E-state index contributed by atoms with van der Waals surface area (Å²) < 4.78 is 0. The molecule has 0 atom stereocenters. The molecule has 20 heavy (non-hydrogen) atoms. The van der Waals surface area contributed by atoms with E-state index in [1.807, 2.05) is 6.92 Å². The van der Waals surface area contributed by atoms with Crippen LogP contribution in [0, 0.1) is 20.8 Å². The van der Waals surface area contributed by atoms with Crippen LogP contribution in [0.1, 0.15) is 31.4 Å². The highest BCUT2D eigenvalue weighted by Crippen LogP contribution is 2.20. The maximum Gasteiger partial charge on any atom is 0.251 e. The van der Waals surface area contributed by atoms with E-state index in [0.717, 1.165) is 10.6 Å². The van der Waals surface area contributed by atoms with Crippen LogP contribution in [0.25, 0.3) is 0 Å². The van der Waals surface area contributed by atoms with Crippen LogP contribution >= 0.6 is 11.3 Å². The molecule has 2 heterocycles. The Kier molecular flexibility index (Phi) is 4.36.